The molecule has 0 unspecified atom stereocenters. The van der Waals surface area contributed by atoms with Crippen LogP contribution in [0, 0.1) is 0 Å². The van der Waals surface area contributed by atoms with E-state index in [1.807, 2.05) is 12.1 Å². The molecule has 0 saturated heterocycles. The van der Waals surface area contributed by atoms with Crippen LogP contribution in [0.2, 0.25) is 0 Å². The molecule has 0 aliphatic heterocycles. The molecule has 0 spiro atoms. The maximum atomic E-state index is 9.09. The van der Waals surface area contributed by atoms with Crippen molar-refractivity contribution >= 4 is 0 Å². The van der Waals surface area contributed by atoms with Crippen molar-refractivity contribution in [2.45, 2.75) is 26.2 Å². The first-order valence-corrected chi connectivity index (χ1v) is 5.18. The van der Waals surface area contributed by atoms with Gasteiger partial charge in [0.05, 0.1) is 12.7 Å². The molecule has 0 aliphatic rings. The fourth-order valence-corrected chi connectivity index (χ4v) is 1.42. The molecule has 84 valence electrons. The van der Waals surface area contributed by atoms with Gasteiger partial charge >= 0.3 is 0 Å². The molecule has 1 aromatic carbocycles. The van der Waals surface area contributed by atoms with Crippen molar-refractivity contribution in [2.75, 3.05) is 13.7 Å². The maximum absolute atomic E-state index is 9.09. The zero-order valence-electron chi connectivity index (χ0n) is 9.36. The molecule has 0 aliphatic carbocycles. The minimum atomic E-state index is -0.299. The van der Waals surface area contributed by atoms with Gasteiger partial charge in [0.25, 0.3) is 0 Å². The van der Waals surface area contributed by atoms with E-state index >= 15 is 0 Å². The van der Waals surface area contributed by atoms with Crippen molar-refractivity contribution in [3.8, 4) is 0 Å². The summed E-state index contributed by atoms with van der Waals surface area (Å²) in [5.74, 6) is 0. The second kappa shape index (κ2) is 6.56. The molecule has 0 heterocycles. The smallest absolute Gasteiger partial charge is 0.0713 e. The van der Waals surface area contributed by atoms with Crippen LogP contribution < -0.4 is 5.32 Å². The van der Waals surface area contributed by atoms with Crippen LogP contribution in [-0.2, 0) is 17.9 Å². The summed E-state index contributed by atoms with van der Waals surface area (Å²) in [5, 5.41) is 12.3. The standard InChI is InChI=1S/C12H19NO2/c1-10(14)7-13-8-11-4-3-5-12(6-11)9-15-2/h3-6,10,13-14H,7-9H2,1-2H3/t10-/m0/s1. The third-order valence-electron chi connectivity index (χ3n) is 2.07. The molecule has 1 atom stereocenters. The second-order valence-corrected chi connectivity index (χ2v) is 3.73. The van der Waals surface area contributed by atoms with Gasteiger partial charge in [0.15, 0.2) is 0 Å². The van der Waals surface area contributed by atoms with E-state index in [9.17, 15) is 0 Å². The second-order valence-electron chi connectivity index (χ2n) is 3.73. The van der Waals surface area contributed by atoms with E-state index in [-0.39, 0.29) is 6.10 Å². The molecule has 0 amide bonds. The number of hydrogen-bond acceptors (Lipinski definition) is 3. The minimum Gasteiger partial charge on any atom is -0.392 e. The summed E-state index contributed by atoms with van der Waals surface area (Å²) in [7, 11) is 1.69. The van der Waals surface area contributed by atoms with E-state index in [1.165, 1.54) is 11.1 Å². The predicted molar refractivity (Wildman–Crippen MR) is 60.5 cm³/mol. The fourth-order valence-electron chi connectivity index (χ4n) is 1.42. The van der Waals surface area contributed by atoms with Gasteiger partial charge in [-0.3, -0.25) is 0 Å². The van der Waals surface area contributed by atoms with Crippen LogP contribution in [0.15, 0.2) is 24.3 Å². The van der Waals surface area contributed by atoms with Gasteiger partial charge in [0.1, 0.15) is 0 Å². The summed E-state index contributed by atoms with van der Waals surface area (Å²) in [6.45, 7) is 3.82. The highest BCUT2D eigenvalue weighted by Gasteiger charge is 1.97. The Morgan fingerprint density at radius 3 is 2.80 bits per heavy atom. The van der Waals surface area contributed by atoms with E-state index in [1.54, 1.807) is 14.0 Å². The van der Waals surface area contributed by atoms with Gasteiger partial charge < -0.3 is 15.2 Å². The van der Waals surface area contributed by atoms with E-state index in [0.29, 0.717) is 13.2 Å². The molecule has 1 aromatic rings. The van der Waals surface area contributed by atoms with Gasteiger partial charge in [-0.1, -0.05) is 24.3 Å². The summed E-state index contributed by atoms with van der Waals surface area (Å²) in [6, 6.07) is 8.24. The molecule has 3 heteroatoms. The van der Waals surface area contributed by atoms with Gasteiger partial charge in [-0.05, 0) is 18.1 Å². The van der Waals surface area contributed by atoms with Gasteiger partial charge in [-0.25, -0.2) is 0 Å². The van der Waals surface area contributed by atoms with Crippen molar-refractivity contribution in [1.29, 1.82) is 0 Å². The van der Waals surface area contributed by atoms with E-state index < -0.39 is 0 Å². The SMILES string of the molecule is COCc1cccc(CNC[C@H](C)O)c1. The van der Waals surface area contributed by atoms with Crippen molar-refractivity contribution in [1.82, 2.24) is 5.32 Å². The van der Waals surface area contributed by atoms with Crippen LogP contribution in [0.25, 0.3) is 0 Å². The zero-order chi connectivity index (χ0) is 11.1. The molecule has 0 aromatic heterocycles. The number of nitrogens with one attached hydrogen (secondary N) is 1. The molecule has 3 nitrogen and oxygen atoms in total. The third-order valence-corrected chi connectivity index (χ3v) is 2.07. The highest BCUT2D eigenvalue weighted by Crippen LogP contribution is 2.06. The Kier molecular flexibility index (Phi) is 5.32. The van der Waals surface area contributed by atoms with Crippen molar-refractivity contribution in [2.24, 2.45) is 0 Å². The average molecular weight is 209 g/mol. The first-order chi connectivity index (χ1) is 7.22. The number of benzene rings is 1. The molecule has 0 bridgehead atoms. The third kappa shape index (κ3) is 4.93. The number of rotatable bonds is 6. The Morgan fingerprint density at radius 1 is 1.40 bits per heavy atom. The maximum Gasteiger partial charge on any atom is 0.0713 e. The topological polar surface area (TPSA) is 41.5 Å². The number of hydrogen-bond donors (Lipinski definition) is 2. The highest BCUT2D eigenvalue weighted by atomic mass is 16.5. The molecule has 15 heavy (non-hydrogen) atoms. The molecular weight excluding hydrogens is 190 g/mol. The minimum absolute atomic E-state index is 0.299. The monoisotopic (exact) mass is 209 g/mol. The van der Waals surface area contributed by atoms with Crippen LogP contribution in [0.5, 0.6) is 0 Å². The number of aliphatic hydroxyl groups excluding tert-OH is 1. The number of ether oxygens (including phenoxy) is 1. The lowest BCUT2D eigenvalue weighted by molar-refractivity contribution is 0.184. The van der Waals surface area contributed by atoms with Crippen LogP contribution in [0.1, 0.15) is 18.1 Å². The summed E-state index contributed by atoms with van der Waals surface area (Å²) in [6.07, 6.45) is -0.299. The van der Waals surface area contributed by atoms with E-state index in [0.717, 1.165) is 6.54 Å². The zero-order valence-corrected chi connectivity index (χ0v) is 9.36. The van der Waals surface area contributed by atoms with Crippen molar-refractivity contribution in [3.63, 3.8) is 0 Å². The van der Waals surface area contributed by atoms with Crippen LogP contribution in [0.3, 0.4) is 0 Å². The molecular formula is C12H19NO2. The van der Waals surface area contributed by atoms with Crippen LogP contribution >= 0.6 is 0 Å². The number of methoxy groups -OCH3 is 1. The molecule has 0 radical (unpaired) electrons. The lowest BCUT2D eigenvalue weighted by Crippen LogP contribution is -2.23. The molecule has 2 N–H and O–H groups in total. The van der Waals surface area contributed by atoms with Gasteiger partial charge in [-0.2, -0.15) is 0 Å². The van der Waals surface area contributed by atoms with Crippen molar-refractivity contribution in [3.05, 3.63) is 35.4 Å². The molecule has 0 saturated carbocycles. The lowest BCUT2D eigenvalue weighted by Gasteiger charge is -2.08. The summed E-state index contributed by atoms with van der Waals surface area (Å²) >= 11 is 0. The van der Waals surface area contributed by atoms with E-state index in [4.69, 9.17) is 9.84 Å². The lowest BCUT2D eigenvalue weighted by atomic mass is 10.1. The Hall–Kier alpha value is -0.900. The number of aliphatic hydroxyl groups is 1. The molecule has 0 fully saturated rings. The first-order valence-electron chi connectivity index (χ1n) is 5.18. The van der Waals surface area contributed by atoms with Gasteiger partial charge in [0, 0.05) is 20.2 Å². The average Bonchev–Trinajstić information content (AvgIpc) is 2.18. The Labute approximate surface area is 91.1 Å². The van der Waals surface area contributed by atoms with Gasteiger partial charge in [-0.15, -0.1) is 0 Å². The van der Waals surface area contributed by atoms with Gasteiger partial charge in [0.2, 0.25) is 0 Å². The first kappa shape index (κ1) is 12.2. The van der Waals surface area contributed by atoms with Crippen molar-refractivity contribution < 1.29 is 9.84 Å². The van der Waals surface area contributed by atoms with Crippen LogP contribution in [0.4, 0.5) is 0 Å². The normalized spacial score (nSPS) is 12.7. The quantitative estimate of drug-likeness (QED) is 0.742. The summed E-state index contributed by atoms with van der Waals surface area (Å²) in [5.41, 5.74) is 2.39. The largest absolute Gasteiger partial charge is 0.392 e. The van der Waals surface area contributed by atoms with E-state index in [2.05, 4.69) is 17.4 Å². The predicted octanol–water partition coefficient (Wildman–Crippen LogP) is 1.30. The summed E-state index contributed by atoms with van der Waals surface area (Å²) in [4.78, 5) is 0. The summed E-state index contributed by atoms with van der Waals surface area (Å²) < 4.78 is 5.07. The Morgan fingerprint density at radius 2 is 2.13 bits per heavy atom. The fraction of sp³-hybridized carbons (Fsp3) is 0.500. The van der Waals surface area contributed by atoms with Crippen LogP contribution in [-0.4, -0.2) is 24.9 Å². The highest BCUT2D eigenvalue weighted by molar-refractivity contribution is 5.22. The Balaban J connectivity index is 2.43. The Bertz CT molecular complexity index is 287. The molecule has 1 rings (SSSR count).